The first-order chi connectivity index (χ1) is 10.9. The van der Waals surface area contributed by atoms with E-state index < -0.39 is 17.6 Å². The predicted octanol–water partition coefficient (Wildman–Crippen LogP) is 3.77. The second-order valence-corrected chi connectivity index (χ2v) is 5.08. The lowest BCUT2D eigenvalue weighted by atomic mass is 10.1. The molecule has 0 atom stereocenters. The molecule has 0 aliphatic heterocycles. The van der Waals surface area contributed by atoms with Crippen LogP contribution in [0.15, 0.2) is 36.4 Å². The molecular weight excluding hydrogens is 326 g/mol. The number of hydrogen-bond donors (Lipinski definition) is 2. The standard InChI is InChI=1S/C16H13ClF2N2O2/c1-23-16(22)15(20)12-5-3-10(17)6-14(12)21-8-9-2-4-11(18)7-13(9)19/h2-7,20-21H,8H2,1H3. The highest BCUT2D eigenvalue weighted by molar-refractivity contribution is 6.43. The van der Waals surface area contributed by atoms with Gasteiger partial charge in [0.05, 0.1) is 7.11 Å². The van der Waals surface area contributed by atoms with Crippen LogP contribution in [0.2, 0.25) is 5.02 Å². The van der Waals surface area contributed by atoms with Crippen LogP contribution >= 0.6 is 11.6 Å². The number of rotatable bonds is 5. The van der Waals surface area contributed by atoms with Crippen molar-refractivity contribution in [1.29, 1.82) is 5.41 Å². The zero-order valence-electron chi connectivity index (χ0n) is 12.1. The quantitative estimate of drug-likeness (QED) is 0.644. The molecule has 0 saturated carbocycles. The van der Waals surface area contributed by atoms with Crippen LogP contribution < -0.4 is 5.32 Å². The van der Waals surface area contributed by atoms with Gasteiger partial charge in [0, 0.05) is 34.4 Å². The molecule has 7 heteroatoms. The first-order valence-electron chi connectivity index (χ1n) is 6.57. The molecule has 0 heterocycles. The molecule has 0 spiro atoms. The number of hydrogen-bond acceptors (Lipinski definition) is 4. The number of halogens is 3. The Kier molecular flexibility index (Phi) is 5.28. The number of anilines is 1. The van der Waals surface area contributed by atoms with Crippen LogP contribution in [0, 0.1) is 17.0 Å². The fourth-order valence-corrected chi connectivity index (χ4v) is 2.12. The molecule has 0 aliphatic carbocycles. The highest BCUT2D eigenvalue weighted by Gasteiger charge is 2.16. The molecule has 0 fully saturated rings. The van der Waals surface area contributed by atoms with Crippen LogP contribution in [0.5, 0.6) is 0 Å². The van der Waals surface area contributed by atoms with Crippen molar-refractivity contribution in [2.24, 2.45) is 0 Å². The summed E-state index contributed by atoms with van der Waals surface area (Å²) in [5.74, 6) is -2.16. The van der Waals surface area contributed by atoms with E-state index in [0.717, 1.165) is 12.1 Å². The van der Waals surface area contributed by atoms with Crippen molar-refractivity contribution in [2.45, 2.75) is 6.54 Å². The van der Waals surface area contributed by atoms with E-state index in [2.05, 4.69) is 10.1 Å². The van der Waals surface area contributed by atoms with Gasteiger partial charge in [-0.1, -0.05) is 17.7 Å². The Labute approximate surface area is 136 Å². The number of carbonyl (C=O) groups excluding carboxylic acids is 1. The van der Waals surface area contributed by atoms with Gasteiger partial charge in [-0.05, 0) is 24.3 Å². The lowest BCUT2D eigenvalue weighted by Gasteiger charge is -2.13. The molecule has 0 bridgehead atoms. The molecule has 120 valence electrons. The zero-order valence-corrected chi connectivity index (χ0v) is 12.9. The Morgan fingerprint density at radius 1 is 1.26 bits per heavy atom. The summed E-state index contributed by atoms with van der Waals surface area (Å²) in [5.41, 5.74) is 0.522. The van der Waals surface area contributed by atoms with Gasteiger partial charge < -0.3 is 10.1 Å². The van der Waals surface area contributed by atoms with Crippen molar-refractivity contribution in [2.75, 3.05) is 12.4 Å². The first kappa shape index (κ1) is 16.9. The third-order valence-electron chi connectivity index (χ3n) is 3.12. The lowest BCUT2D eigenvalue weighted by Crippen LogP contribution is -2.18. The van der Waals surface area contributed by atoms with Gasteiger partial charge in [-0.25, -0.2) is 13.6 Å². The Hall–Kier alpha value is -2.47. The van der Waals surface area contributed by atoms with Crippen LogP contribution in [0.1, 0.15) is 11.1 Å². The van der Waals surface area contributed by atoms with Crippen LogP contribution in [0.3, 0.4) is 0 Å². The van der Waals surface area contributed by atoms with E-state index in [1.165, 1.54) is 31.4 Å². The van der Waals surface area contributed by atoms with Crippen molar-refractivity contribution in [3.05, 3.63) is 64.2 Å². The van der Waals surface area contributed by atoms with Gasteiger partial charge in [0.15, 0.2) is 0 Å². The predicted molar refractivity (Wildman–Crippen MR) is 84.0 cm³/mol. The van der Waals surface area contributed by atoms with Crippen LogP contribution in [-0.4, -0.2) is 18.8 Å². The molecule has 2 N–H and O–H groups in total. The molecule has 0 aliphatic rings. The maximum atomic E-state index is 13.7. The number of carbonyl (C=O) groups is 1. The van der Waals surface area contributed by atoms with Gasteiger partial charge in [0.2, 0.25) is 0 Å². The van der Waals surface area contributed by atoms with Gasteiger partial charge in [0.1, 0.15) is 17.3 Å². The van der Waals surface area contributed by atoms with Crippen molar-refractivity contribution in [3.8, 4) is 0 Å². The summed E-state index contributed by atoms with van der Waals surface area (Å²) in [6.45, 7) is 0.0356. The molecule has 2 aromatic rings. The van der Waals surface area contributed by atoms with Crippen molar-refractivity contribution < 1.29 is 18.3 Å². The molecule has 0 radical (unpaired) electrons. The third-order valence-corrected chi connectivity index (χ3v) is 3.36. The first-order valence-corrected chi connectivity index (χ1v) is 6.94. The van der Waals surface area contributed by atoms with E-state index in [4.69, 9.17) is 17.0 Å². The average Bonchev–Trinajstić information content (AvgIpc) is 2.52. The molecule has 2 rings (SSSR count). The topological polar surface area (TPSA) is 62.2 Å². The Morgan fingerprint density at radius 2 is 2.00 bits per heavy atom. The number of esters is 1. The second kappa shape index (κ2) is 7.19. The summed E-state index contributed by atoms with van der Waals surface area (Å²) in [5, 5.41) is 11.1. The van der Waals surface area contributed by atoms with Gasteiger partial charge in [-0.15, -0.1) is 0 Å². The summed E-state index contributed by atoms with van der Waals surface area (Å²) in [6, 6.07) is 7.77. The minimum absolute atomic E-state index is 0.0356. The van der Waals surface area contributed by atoms with Crippen molar-refractivity contribution in [3.63, 3.8) is 0 Å². The van der Waals surface area contributed by atoms with Crippen LogP contribution in [-0.2, 0) is 16.1 Å². The molecule has 2 aromatic carbocycles. The Balaban J connectivity index is 2.26. The number of benzene rings is 2. The number of ether oxygens (including phenoxy) is 1. The largest absolute Gasteiger partial charge is 0.464 e. The summed E-state index contributed by atoms with van der Waals surface area (Å²) >= 11 is 5.92. The smallest absolute Gasteiger partial charge is 0.356 e. The van der Waals surface area contributed by atoms with E-state index in [9.17, 15) is 13.6 Å². The number of nitrogens with one attached hydrogen (secondary N) is 2. The Bertz CT molecular complexity index is 766. The fourth-order valence-electron chi connectivity index (χ4n) is 1.95. The van der Waals surface area contributed by atoms with Gasteiger partial charge in [-0.2, -0.15) is 0 Å². The summed E-state index contributed by atoms with van der Waals surface area (Å²) in [7, 11) is 1.17. The Morgan fingerprint density at radius 3 is 2.65 bits per heavy atom. The van der Waals surface area contributed by atoms with E-state index in [-0.39, 0.29) is 23.4 Å². The van der Waals surface area contributed by atoms with Crippen molar-refractivity contribution in [1.82, 2.24) is 0 Å². The van der Waals surface area contributed by atoms with Gasteiger partial charge >= 0.3 is 5.97 Å². The molecule has 0 saturated heterocycles. The van der Waals surface area contributed by atoms with Crippen LogP contribution in [0.25, 0.3) is 0 Å². The third kappa shape index (κ3) is 4.04. The average molecular weight is 339 g/mol. The molecule has 0 aromatic heterocycles. The normalized spacial score (nSPS) is 10.3. The number of methoxy groups -OCH3 is 1. The zero-order chi connectivity index (χ0) is 17.0. The minimum atomic E-state index is -0.802. The fraction of sp³-hybridized carbons (Fsp3) is 0.125. The van der Waals surface area contributed by atoms with Gasteiger partial charge in [-0.3, -0.25) is 5.41 Å². The molecule has 4 nitrogen and oxygen atoms in total. The van der Waals surface area contributed by atoms with E-state index in [1.807, 2.05) is 0 Å². The maximum absolute atomic E-state index is 13.7. The lowest BCUT2D eigenvalue weighted by molar-refractivity contribution is -0.132. The molecule has 23 heavy (non-hydrogen) atoms. The van der Waals surface area contributed by atoms with Crippen molar-refractivity contribution >= 4 is 29.0 Å². The maximum Gasteiger partial charge on any atom is 0.356 e. The summed E-state index contributed by atoms with van der Waals surface area (Å²) < 4.78 is 31.1. The SMILES string of the molecule is COC(=O)C(=N)c1ccc(Cl)cc1NCc1ccc(F)cc1F. The molecule has 0 amide bonds. The van der Waals surface area contributed by atoms with E-state index in [1.54, 1.807) is 0 Å². The van der Waals surface area contributed by atoms with E-state index >= 15 is 0 Å². The highest BCUT2D eigenvalue weighted by atomic mass is 35.5. The highest BCUT2D eigenvalue weighted by Crippen LogP contribution is 2.23. The monoisotopic (exact) mass is 338 g/mol. The minimum Gasteiger partial charge on any atom is -0.464 e. The summed E-state index contributed by atoms with van der Waals surface area (Å²) in [6.07, 6.45) is 0. The van der Waals surface area contributed by atoms with E-state index in [0.29, 0.717) is 10.7 Å². The summed E-state index contributed by atoms with van der Waals surface area (Å²) in [4.78, 5) is 11.5. The second-order valence-electron chi connectivity index (χ2n) is 4.65. The van der Waals surface area contributed by atoms with Gasteiger partial charge in [0.25, 0.3) is 0 Å². The molecule has 0 unspecified atom stereocenters. The van der Waals surface area contributed by atoms with Crippen LogP contribution in [0.4, 0.5) is 14.5 Å². The molecular formula is C16H13ClF2N2O2.